The maximum Gasteiger partial charge on any atom is 0.0807 e. The molecule has 0 spiro atoms. The third-order valence-electron chi connectivity index (χ3n) is 2.74. The summed E-state index contributed by atoms with van der Waals surface area (Å²) < 4.78 is 0. The molecular formula is C12H20OSi. The van der Waals surface area contributed by atoms with E-state index in [1.165, 1.54) is 5.19 Å². The summed E-state index contributed by atoms with van der Waals surface area (Å²) in [6.07, 6.45) is 0.763. The SMILES string of the molecule is CC(O)CC[Si](C)(C)c1ccccc1. The van der Waals surface area contributed by atoms with Crippen molar-refractivity contribution in [3.05, 3.63) is 30.3 Å². The normalized spacial score (nSPS) is 14.0. The Morgan fingerprint density at radius 2 is 1.79 bits per heavy atom. The van der Waals surface area contributed by atoms with Gasteiger partial charge in [-0.2, -0.15) is 0 Å². The highest BCUT2D eigenvalue weighted by atomic mass is 28.3. The fourth-order valence-corrected chi connectivity index (χ4v) is 4.13. The van der Waals surface area contributed by atoms with E-state index < -0.39 is 8.07 Å². The summed E-state index contributed by atoms with van der Waals surface area (Å²) in [5.74, 6) is 0. The minimum Gasteiger partial charge on any atom is -0.393 e. The lowest BCUT2D eigenvalue weighted by Gasteiger charge is -2.23. The van der Waals surface area contributed by atoms with Gasteiger partial charge in [0.2, 0.25) is 0 Å². The van der Waals surface area contributed by atoms with Gasteiger partial charge in [-0.3, -0.25) is 0 Å². The largest absolute Gasteiger partial charge is 0.393 e. The van der Waals surface area contributed by atoms with Gasteiger partial charge in [0.1, 0.15) is 0 Å². The Hall–Kier alpha value is -0.603. The quantitative estimate of drug-likeness (QED) is 0.753. The Balaban J connectivity index is 2.66. The first-order chi connectivity index (χ1) is 6.52. The Labute approximate surface area is 87.8 Å². The molecule has 0 heterocycles. The van der Waals surface area contributed by atoms with E-state index in [0.29, 0.717) is 0 Å². The fourth-order valence-electron chi connectivity index (χ4n) is 1.60. The van der Waals surface area contributed by atoms with Crippen LogP contribution in [-0.4, -0.2) is 19.3 Å². The summed E-state index contributed by atoms with van der Waals surface area (Å²) in [7, 11) is -1.30. The molecule has 0 radical (unpaired) electrons. The van der Waals surface area contributed by atoms with Crippen molar-refractivity contribution < 1.29 is 5.11 Å². The highest BCUT2D eigenvalue weighted by Crippen LogP contribution is 2.13. The molecule has 1 rings (SSSR count). The monoisotopic (exact) mass is 208 g/mol. The molecule has 0 bridgehead atoms. The van der Waals surface area contributed by atoms with Crippen LogP contribution in [0.25, 0.3) is 0 Å². The molecule has 0 amide bonds. The molecule has 1 atom stereocenters. The van der Waals surface area contributed by atoms with E-state index in [2.05, 4.69) is 43.4 Å². The van der Waals surface area contributed by atoms with Gasteiger partial charge in [-0.15, -0.1) is 0 Å². The van der Waals surface area contributed by atoms with Crippen molar-refractivity contribution in [1.82, 2.24) is 0 Å². The van der Waals surface area contributed by atoms with Crippen molar-refractivity contribution in [3.8, 4) is 0 Å². The number of rotatable bonds is 4. The van der Waals surface area contributed by atoms with Gasteiger partial charge in [0, 0.05) is 0 Å². The summed E-state index contributed by atoms with van der Waals surface area (Å²) in [5, 5.41) is 10.8. The molecule has 0 aromatic heterocycles. The number of hydrogen-bond donors (Lipinski definition) is 1. The standard InChI is InChI=1S/C12H20OSi/c1-11(13)9-10-14(2,3)12-7-5-4-6-8-12/h4-8,11,13H,9-10H2,1-3H3. The third-order valence-corrected chi connectivity index (χ3v) is 6.18. The number of benzene rings is 1. The Bertz CT molecular complexity index is 267. The van der Waals surface area contributed by atoms with Crippen molar-refractivity contribution in [2.45, 2.75) is 38.6 Å². The van der Waals surface area contributed by atoms with Gasteiger partial charge >= 0.3 is 0 Å². The molecule has 1 unspecified atom stereocenters. The molecule has 14 heavy (non-hydrogen) atoms. The second kappa shape index (κ2) is 4.76. The van der Waals surface area contributed by atoms with Crippen LogP contribution in [0.1, 0.15) is 13.3 Å². The summed E-state index contributed by atoms with van der Waals surface area (Å²) in [4.78, 5) is 0. The maximum atomic E-state index is 9.28. The van der Waals surface area contributed by atoms with Crippen LogP contribution in [0.5, 0.6) is 0 Å². The summed E-state index contributed by atoms with van der Waals surface area (Å²) in [6, 6.07) is 11.9. The molecule has 1 aromatic carbocycles. The first-order valence-corrected chi connectivity index (χ1v) is 8.47. The fraction of sp³-hybridized carbons (Fsp3) is 0.500. The summed E-state index contributed by atoms with van der Waals surface area (Å²) in [5.41, 5.74) is 0. The lowest BCUT2D eigenvalue weighted by molar-refractivity contribution is 0.190. The van der Waals surface area contributed by atoms with E-state index in [9.17, 15) is 5.11 Å². The second-order valence-corrected chi connectivity index (χ2v) is 9.48. The van der Waals surface area contributed by atoms with E-state index in [-0.39, 0.29) is 6.10 Å². The Morgan fingerprint density at radius 1 is 1.21 bits per heavy atom. The van der Waals surface area contributed by atoms with Crippen LogP contribution < -0.4 is 5.19 Å². The molecule has 0 aliphatic carbocycles. The zero-order valence-electron chi connectivity index (χ0n) is 9.33. The molecular weight excluding hydrogens is 188 g/mol. The lowest BCUT2D eigenvalue weighted by Crippen LogP contribution is -2.41. The van der Waals surface area contributed by atoms with Crippen LogP contribution in [0, 0.1) is 0 Å². The van der Waals surface area contributed by atoms with Crippen molar-refractivity contribution in [3.63, 3.8) is 0 Å². The average molecular weight is 208 g/mol. The van der Waals surface area contributed by atoms with E-state index in [0.717, 1.165) is 12.5 Å². The maximum absolute atomic E-state index is 9.28. The van der Waals surface area contributed by atoms with Crippen LogP contribution in [-0.2, 0) is 0 Å². The Kier molecular flexibility index (Phi) is 3.90. The van der Waals surface area contributed by atoms with Gasteiger partial charge < -0.3 is 5.11 Å². The third kappa shape index (κ3) is 3.27. The topological polar surface area (TPSA) is 20.2 Å². The summed E-state index contributed by atoms with van der Waals surface area (Å²) in [6.45, 7) is 6.60. The van der Waals surface area contributed by atoms with Crippen molar-refractivity contribution in [1.29, 1.82) is 0 Å². The van der Waals surface area contributed by atoms with E-state index in [1.54, 1.807) is 0 Å². The molecule has 1 nitrogen and oxygen atoms in total. The van der Waals surface area contributed by atoms with Crippen LogP contribution in [0.3, 0.4) is 0 Å². The molecule has 0 saturated heterocycles. The van der Waals surface area contributed by atoms with Crippen molar-refractivity contribution in [2.24, 2.45) is 0 Å². The van der Waals surface area contributed by atoms with Gasteiger partial charge in [0.05, 0.1) is 14.2 Å². The first-order valence-electron chi connectivity index (χ1n) is 5.26. The highest BCUT2D eigenvalue weighted by Gasteiger charge is 2.22. The zero-order chi connectivity index (χ0) is 10.6. The molecule has 1 N–H and O–H groups in total. The number of hydrogen-bond acceptors (Lipinski definition) is 1. The van der Waals surface area contributed by atoms with Crippen molar-refractivity contribution >= 4 is 13.3 Å². The van der Waals surface area contributed by atoms with E-state index >= 15 is 0 Å². The molecule has 0 aliphatic rings. The minimum absolute atomic E-state index is 0.162. The molecule has 1 aromatic rings. The molecule has 0 fully saturated rings. The Morgan fingerprint density at radius 3 is 2.29 bits per heavy atom. The predicted octanol–water partition coefficient (Wildman–Crippen LogP) is 2.37. The van der Waals surface area contributed by atoms with Crippen LogP contribution in [0.2, 0.25) is 19.1 Å². The van der Waals surface area contributed by atoms with Gasteiger partial charge in [-0.1, -0.05) is 54.7 Å². The van der Waals surface area contributed by atoms with Gasteiger partial charge in [0.25, 0.3) is 0 Å². The average Bonchev–Trinajstić information content (AvgIpc) is 2.16. The van der Waals surface area contributed by atoms with Crippen molar-refractivity contribution in [2.75, 3.05) is 0 Å². The smallest absolute Gasteiger partial charge is 0.0807 e. The molecule has 2 heteroatoms. The highest BCUT2D eigenvalue weighted by molar-refractivity contribution is 6.89. The van der Waals surface area contributed by atoms with E-state index in [1.807, 2.05) is 6.92 Å². The van der Waals surface area contributed by atoms with Gasteiger partial charge in [-0.05, 0) is 13.3 Å². The number of aliphatic hydroxyl groups excluding tert-OH is 1. The number of aliphatic hydroxyl groups is 1. The zero-order valence-corrected chi connectivity index (χ0v) is 10.3. The molecule has 0 saturated carbocycles. The molecule has 78 valence electrons. The van der Waals surface area contributed by atoms with Gasteiger partial charge in [0.15, 0.2) is 0 Å². The van der Waals surface area contributed by atoms with Gasteiger partial charge in [-0.25, -0.2) is 0 Å². The van der Waals surface area contributed by atoms with Crippen LogP contribution in [0.4, 0.5) is 0 Å². The minimum atomic E-state index is -1.30. The second-order valence-electron chi connectivity index (χ2n) is 4.64. The summed E-state index contributed by atoms with van der Waals surface area (Å²) >= 11 is 0. The first kappa shape index (κ1) is 11.5. The predicted molar refractivity (Wildman–Crippen MR) is 64.7 cm³/mol. The van der Waals surface area contributed by atoms with Crippen LogP contribution >= 0.6 is 0 Å². The molecule has 0 aliphatic heterocycles. The lowest BCUT2D eigenvalue weighted by atomic mass is 10.3. The van der Waals surface area contributed by atoms with E-state index in [4.69, 9.17) is 0 Å². The van der Waals surface area contributed by atoms with Crippen LogP contribution in [0.15, 0.2) is 30.3 Å².